The number of pyridine rings is 1. The lowest BCUT2D eigenvalue weighted by Crippen LogP contribution is -2.42. The van der Waals surface area contributed by atoms with E-state index in [0.29, 0.717) is 0 Å². The van der Waals surface area contributed by atoms with Crippen LogP contribution < -0.4 is 10.2 Å². The molecule has 5 heteroatoms. The number of rotatable bonds is 4. The number of nitrogens with one attached hydrogen (secondary N) is 1. The van der Waals surface area contributed by atoms with Crippen molar-refractivity contribution in [3.05, 3.63) is 41.6 Å². The maximum Gasteiger partial charge on any atom is 0.151 e. The van der Waals surface area contributed by atoms with E-state index in [0.717, 1.165) is 41.7 Å². The molecule has 0 bridgehead atoms. The van der Waals surface area contributed by atoms with Crippen molar-refractivity contribution in [2.75, 3.05) is 43.1 Å². The minimum absolute atomic E-state index is 0.755. The van der Waals surface area contributed by atoms with Gasteiger partial charge in [-0.25, -0.2) is 4.98 Å². The second kappa shape index (κ2) is 5.78. The Morgan fingerprint density at radius 1 is 1.14 bits per heavy atom. The van der Waals surface area contributed by atoms with E-state index in [1.54, 1.807) is 0 Å². The number of anilines is 2. The maximum absolute atomic E-state index is 6.10. The van der Waals surface area contributed by atoms with Crippen LogP contribution in [0.2, 0.25) is 5.02 Å². The first kappa shape index (κ1) is 13.9. The Labute approximate surface area is 135 Å². The number of aromatic nitrogens is 1. The second-order valence-corrected chi connectivity index (χ2v) is 6.33. The third-order valence-electron chi connectivity index (χ3n) is 4.44. The highest BCUT2D eigenvalue weighted by Crippen LogP contribution is 2.33. The molecule has 0 amide bonds. The van der Waals surface area contributed by atoms with Crippen LogP contribution in [-0.2, 0) is 0 Å². The average molecular weight is 315 g/mol. The van der Waals surface area contributed by atoms with Gasteiger partial charge < -0.3 is 15.1 Å². The van der Waals surface area contributed by atoms with Crippen LogP contribution in [0.3, 0.4) is 0 Å². The van der Waals surface area contributed by atoms with Gasteiger partial charge >= 0.3 is 0 Å². The number of hydrogen-bond acceptors (Lipinski definition) is 4. The summed E-state index contributed by atoms with van der Waals surface area (Å²) < 4.78 is 0. The summed E-state index contributed by atoms with van der Waals surface area (Å²) in [5.41, 5.74) is 3.41. The summed E-state index contributed by atoms with van der Waals surface area (Å²) in [7, 11) is 0. The van der Waals surface area contributed by atoms with Crippen molar-refractivity contribution in [2.45, 2.75) is 6.42 Å². The van der Waals surface area contributed by atoms with E-state index in [-0.39, 0.29) is 0 Å². The van der Waals surface area contributed by atoms with Gasteiger partial charge in [0, 0.05) is 29.9 Å². The summed E-state index contributed by atoms with van der Waals surface area (Å²) >= 11 is 6.10. The van der Waals surface area contributed by atoms with E-state index in [4.69, 9.17) is 11.6 Å². The van der Waals surface area contributed by atoms with Crippen molar-refractivity contribution in [1.29, 1.82) is 0 Å². The first-order valence-electron chi connectivity index (χ1n) is 7.77. The molecule has 4 rings (SSSR count). The summed E-state index contributed by atoms with van der Waals surface area (Å²) in [6.45, 7) is 5.50. The van der Waals surface area contributed by atoms with Crippen molar-refractivity contribution in [3.8, 4) is 11.1 Å². The van der Waals surface area contributed by atoms with Crippen molar-refractivity contribution >= 4 is 23.1 Å². The summed E-state index contributed by atoms with van der Waals surface area (Å²) in [6, 6.07) is 10.1. The van der Waals surface area contributed by atoms with Crippen LogP contribution in [0.4, 0.5) is 11.5 Å². The lowest BCUT2D eigenvalue weighted by Gasteiger charge is -2.32. The van der Waals surface area contributed by atoms with Gasteiger partial charge in [-0.15, -0.1) is 0 Å². The van der Waals surface area contributed by atoms with E-state index < -0.39 is 0 Å². The maximum atomic E-state index is 6.10. The van der Waals surface area contributed by atoms with Crippen LogP contribution >= 0.6 is 11.6 Å². The molecular weight excluding hydrogens is 296 g/mol. The van der Waals surface area contributed by atoms with Crippen molar-refractivity contribution < 1.29 is 0 Å². The van der Waals surface area contributed by atoms with Gasteiger partial charge in [-0.05, 0) is 43.3 Å². The van der Waals surface area contributed by atoms with E-state index in [9.17, 15) is 0 Å². The molecule has 1 N–H and O–H groups in total. The highest BCUT2D eigenvalue weighted by Gasteiger charge is 2.22. The average Bonchev–Trinajstić information content (AvgIpc) is 2.88. The van der Waals surface area contributed by atoms with Gasteiger partial charge in [0.25, 0.3) is 0 Å². The molecule has 22 heavy (non-hydrogen) atoms. The molecule has 4 nitrogen and oxygen atoms in total. The highest BCUT2D eigenvalue weighted by atomic mass is 35.5. The van der Waals surface area contributed by atoms with Crippen LogP contribution in [0.15, 0.2) is 36.5 Å². The summed E-state index contributed by atoms with van der Waals surface area (Å²) in [5, 5.41) is 4.13. The monoisotopic (exact) mass is 314 g/mol. The van der Waals surface area contributed by atoms with Crippen LogP contribution in [0, 0.1) is 0 Å². The Bertz CT molecular complexity index is 684. The fourth-order valence-corrected chi connectivity index (χ4v) is 3.17. The fraction of sp³-hybridized carbons (Fsp3) is 0.353. The molecule has 0 aliphatic carbocycles. The Kier molecular flexibility index (Phi) is 3.64. The number of halogens is 1. The number of likely N-dealkylation sites (tertiary alicyclic amines) is 1. The quantitative estimate of drug-likeness (QED) is 0.938. The zero-order chi connectivity index (χ0) is 14.9. The molecule has 1 aromatic heterocycles. The molecule has 114 valence electrons. The molecule has 1 aromatic carbocycles. The summed E-state index contributed by atoms with van der Waals surface area (Å²) in [6.07, 6.45) is 3.26. The third-order valence-corrected chi connectivity index (χ3v) is 4.67. The fourth-order valence-electron chi connectivity index (χ4n) is 2.98. The van der Waals surface area contributed by atoms with Gasteiger partial charge in [0.05, 0.1) is 12.4 Å². The standard InChI is InChI=1S/C17H19ClN4/c18-15-4-1-3-13(9-15)14-10-16-17(19-11-14)20-12-22(16)8-7-21-5-2-6-21/h1,3-4,9-11H,2,5-8,12H2,(H,19,20). The highest BCUT2D eigenvalue weighted by molar-refractivity contribution is 6.30. The first-order valence-corrected chi connectivity index (χ1v) is 8.14. The summed E-state index contributed by atoms with van der Waals surface area (Å²) in [4.78, 5) is 9.43. The minimum Gasteiger partial charge on any atom is -0.351 e. The van der Waals surface area contributed by atoms with Gasteiger partial charge in [0.2, 0.25) is 0 Å². The molecule has 2 aliphatic rings. The van der Waals surface area contributed by atoms with E-state index in [2.05, 4.69) is 32.2 Å². The second-order valence-electron chi connectivity index (χ2n) is 5.90. The minimum atomic E-state index is 0.755. The molecule has 0 spiro atoms. The van der Waals surface area contributed by atoms with E-state index in [1.165, 1.54) is 25.2 Å². The van der Waals surface area contributed by atoms with Gasteiger partial charge in [0.15, 0.2) is 5.82 Å². The zero-order valence-corrected chi connectivity index (χ0v) is 13.2. The van der Waals surface area contributed by atoms with Crippen LogP contribution in [0.25, 0.3) is 11.1 Å². The van der Waals surface area contributed by atoms with E-state index in [1.807, 2.05) is 24.4 Å². The molecule has 2 aromatic rings. The van der Waals surface area contributed by atoms with Gasteiger partial charge in [-0.3, -0.25) is 0 Å². The molecular formula is C17H19ClN4. The molecule has 0 saturated carbocycles. The van der Waals surface area contributed by atoms with Crippen LogP contribution in [0.5, 0.6) is 0 Å². The van der Waals surface area contributed by atoms with Crippen LogP contribution in [0.1, 0.15) is 6.42 Å². The van der Waals surface area contributed by atoms with Gasteiger partial charge in [-0.1, -0.05) is 23.7 Å². The zero-order valence-electron chi connectivity index (χ0n) is 12.4. The van der Waals surface area contributed by atoms with Crippen molar-refractivity contribution in [3.63, 3.8) is 0 Å². The molecule has 3 heterocycles. The predicted octanol–water partition coefficient (Wildman–Crippen LogP) is 3.30. The molecule has 1 saturated heterocycles. The lowest BCUT2D eigenvalue weighted by atomic mass is 10.1. The SMILES string of the molecule is Clc1cccc(-c2cnc3c(c2)N(CCN2CCC2)CN3)c1. The molecule has 2 aliphatic heterocycles. The lowest BCUT2D eigenvalue weighted by molar-refractivity contribution is 0.186. The number of fused-ring (bicyclic) bond motifs is 1. The number of benzene rings is 1. The number of hydrogen-bond donors (Lipinski definition) is 1. The van der Waals surface area contributed by atoms with Crippen LogP contribution in [-0.4, -0.2) is 42.7 Å². The van der Waals surface area contributed by atoms with Crippen molar-refractivity contribution in [1.82, 2.24) is 9.88 Å². The van der Waals surface area contributed by atoms with Gasteiger partial charge in [0.1, 0.15) is 0 Å². The molecule has 0 atom stereocenters. The normalized spacial score (nSPS) is 17.0. The predicted molar refractivity (Wildman–Crippen MR) is 91.6 cm³/mol. The topological polar surface area (TPSA) is 31.4 Å². The Morgan fingerprint density at radius 3 is 2.82 bits per heavy atom. The Morgan fingerprint density at radius 2 is 2.05 bits per heavy atom. The third kappa shape index (κ3) is 2.64. The van der Waals surface area contributed by atoms with Gasteiger partial charge in [-0.2, -0.15) is 0 Å². The summed E-state index contributed by atoms with van der Waals surface area (Å²) in [5.74, 6) is 0.981. The number of nitrogens with zero attached hydrogens (tertiary/aromatic N) is 3. The smallest absolute Gasteiger partial charge is 0.151 e. The molecule has 0 unspecified atom stereocenters. The molecule has 1 fully saturated rings. The van der Waals surface area contributed by atoms with Crippen molar-refractivity contribution in [2.24, 2.45) is 0 Å². The largest absolute Gasteiger partial charge is 0.351 e. The Hall–Kier alpha value is -1.78. The Balaban J connectivity index is 1.56. The first-order chi connectivity index (χ1) is 10.8. The molecule has 0 radical (unpaired) electrons. The van der Waals surface area contributed by atoms with E-state index >= 15 is 0 Å².